The zero-order chi connectivity index (χ0) is 31.1. The van der Waals surface area contributed by atoms with Gasteiger partial charge in [-0.05, 0) is 38.5 Å². The Morgan fingerprint density at radius 1 is 0.571 bits per heavy atom. The van der Waals surface area contributed by atoms with Crippen molar-refractivity contribution >= 4 is 23.7 Å². The van der Waals surface area contributed by atoms with Crippen molar-refractivity contribution in [2.45, 2.75) is 160 Å². The van der Waals surface area contributed by atoms with Crippen molar-refractivity contribution in [1.29, 1.82) is 0 Å². The standard InChI is InChI=1S/C32H64N6O4/c33-28(22-21-27-38-32(34)35)31(42)37-26-20-16-15-19-25-36-29(39)23-17-13-11-9-7-5-3-1-2-4-6-8-10-12-14-18-24-30(40)41/h28H,1-27,33H2,(H,36,39)(H,37,42)(H,40,41)(H4,34,35,38)/t28-/m0/s1. The fraction of sp³-hybridized carbons (Fsp3) is 0.875. The van der Waals surface area contributed by atoms with E-state index in [1.165, 1.54) is 77.0 Å². The zero-order valence-electron chi connectivity index (χ0n) is 26.5. The minimum atomic E-state index is -0.677. The van der Waals surface area contributed by atoms with E-state index in [1.807, 2.05) is 0 Å². The van der Waals surface area contributed by atoms with E-state index < -0.39 is 12.0 Å². The average molecular weight is 597 g/mol. The highest BCUT2D eigenvalue weighted by molar-refractivity contribution is 5.81. The largest absolute Gasteiger partial charge is 0.481 e. The van der Waals surface area contributed by atoms with Crippen LogP contribution >= 0.6 is 0 Å². The number of guanidine groups is 1. The van der Waals surface area contributed by atoms with Gasteiger partial charge in [0.25, 0.3) is 0 Å². The molecule has 0 heterocycles. The second-order valence-corrected chi connectivity index (χ2v) is 11.7. The van der Waals surface area contributed by atoms with E-state index >= 15 is 0 Å². The van der Waals surface area contributed by atoms with Gasteiger partial charge in [0.1, 0.15) is 0 Å². The molecule has 10 nitrogen and oxygen atoms in total. The Kier molecular flexibility index (Phi) is 28.4. The third kappa shape index (κ3) is 30.6. The molecule has 0 aliphatic carbocycles. The van der Waals surface area contributed by atoms with Gasteiger partial charge in [0.15, 0.2) is 5.96 Å². The Balaban J connectivity index is 3.32. The van der Waals surface area contributed by atoms with Crippen molar-refractivity contribution in [3.8, 4) is 0 Å². The minimum absolute atomic E-state index is 0.0513. The number of rotatable bonds is 31. The predicted molar refractivity (Wildman–Crippen MR) is 173 cm³/mol. The smallest absolute Gasteiger partial charge is 0.303 e. The highest BCUT2D eigenvalue weighted by Crippen LogP contribution is 2.14. The molecule has 0 saturated carbocycles. The van der Waals surface area contributed by atoms with Gasteiger partial charge in [-0.3, -0.25) is 19.4 Å². The van der Waals surface area contributed by atoms with E-state index in [1.54, 1.807) is 0 Å². The SMILES string of the molecule is NC(N)=NCCC[C@H](N)C(=O)NCCCCCCNC(=O)CCCCCCCCCCCCCCCCCCC(=O)O. The molecule has 2 amide bonds. The number of nitrogens with zero attached hydrogens (tertiary/aromatic N) is 1. The van der Waals surface area contributed by atoms with Gasteiger partial charge >= 0.3 is 5.97 Å². The molecule has 42 heavy (non-hydrogen) atoms. The molecule has 0 unspecified atom stereocenters. The van der Waals surface area contributed by atoms with Gasteiger partial charge in [0, 0.05) is 32.5 Å². The Morgan fingerprint density at radius 2 is 0.976 bits per heavy atom. The maximum atomic E-state index is 12.0. The lowest BCUT2D eigenvalue weighted by atomic mass is 10.0. The molecule has 0 rings (SSSR count). The number of unbranched alkanes of at least 4 members (excludes halogenated alkanes) is 18. The lowest BCUT2D eigenvalue weighted by molar-refractivity contribution is -0.137. The number of carboxylic acids is 1. The molecule has 10 heteroatoms. The number of carboxylic acid groups (broad SMARTS) is 1. The van der Waals surface area contributed by atoms with Crippen LogP contribution in [0, 0.1) is 0 Å². The second kappa shape index (κ2) is 30.1. The maximum absolute atomic E-state index is 12.0. The van der Waals surface area contributed by atoms with E-state index in [0.29, 0.717) is 38.8 Å². The molecular formula is C32H64N6O4. The van der Waals surface area contributed by atoms with Crippen LogP contribution in [-0.2, 0) is 14.4 Å². The molecule has 9 N–H and O–H groups in total. The van der Waals surface area contributed by atoms with Crippen LogP contribution in [0.4, 0.5) is 0 Å². The van der Waals surface area contributed by atoms with Gasteiger partial charge in [0.2, 0.25) is 11.8 Å². The number of nitrogens with one attached hydrogen (secondary N) is 2. The summed E-state index contributed by atoms with van der Waals surface area (Å²) in [6, 6.07) is -0.535. The molecule has 0 aromatic carbocycles. The van der Waals surface area contributed by atoms with Crippen LogP contribution in [0.5, 0.6) is 0 Å². The van der Waals surface area contributed by atoms with Crippen LogP contribution in [0.1, 0.15) is 154 Å². The normalized spacial score (nSPS) is 11.6. The molecule has 246 valence electrons. The molecule has 0 bridgehead atoms. The summed E-state index contributed by atoms with van der Waals surface area (Å²) in [5.41, 5.74) is 16.4. The van der Waals surface area contributed by atoms with Gasteiger partial charge in [-0.25, -0.2) is 0 Å². The summed E-state index contributed by atoms with van der Waals surface area (Å²) in [6.45, 7) is 1.82. The van der Waals surface area contributed by atoms with E-state index in [2.05, 4.69) is 15.6 Å². The van der Waals surface area contributed by atoms with Gasteiger partial charge in [-0.2, -0.15) is 0 Å². The Labute approximate surface area is 255 Å². The van der Waals surface area contributed by atoms with Crippen LogP contribution in [0.25, 0.3) is 0 Å². The zero-order valence-corrected chi connectivity index (χ0v) is 26.5. The van der Waals surface area contributed by atoms with Crippen molar-refractivity contribution in [3.63, 3.8) is 0 Å². The van der Waals surface area contributed by atoms with Crippen LogP contribution in [-0.4, -0.2) is 54.5 Å². The Bertz CT molecular complexity index is 700. The van der Waals surface area contributed by atoms with Crippen molar-refractivity contribution in [1.82, 2.24) is 10.6 Å². The van der Waals surface area contributed by atoms with Gasteiger partial charge in [0.05, 0.1) is 6.04 Å². The molecule has 0 spiro atoms. The predicted octanol–water partition coefficient (Wildman–Crippen LogP) is 5.27. The number of nitrogens with two attached hydrogens (primary N) is 3. The molecule has 1 atom stereocenters. The number of hydrogen-bond donors (Lipinski definition) is 6. The van der Waals surface area contributed by atoms with Crippen LogP contribution in [0.2, 0.25) is 0 Å². The molecule has 0 fully saturated rings. The first kappa shape index (κ1) is 39.6. The number of carbonyl (C=O) groups is 3. The molecule has 0 saturated heterocycles. The lowest BCUT2D eigenvalue weighted by Crippen LogP contribution is -2.41. The summed E-state index contributed by atoms with van der Waals surface area (Å²) in [7, 11) is 0. The van der Waals surface area contributed by atoms with Crippen molar-refractivity contribution in [2.75, 3.05) is 19.6 Å². The van der Waals surface area contributed by atoms with Gasteiger partial charge in [-0.15, -0.1) is 0 Å². The van der Waals surface area contributed by atoms with Crippen molar-refractivity contribution in [2.24, 2.45) is 22.2 Å². The van der Waals surface area contributed by atoms with E-state index in [-0.39, 0.29) is 17.8 Å². The van der Waals surface area contributed by atoms with Crippen LogP contribution in [0.15, 0.2) is 4.99 Å². The van der Waals surface area contributed by atoms with E-state index in [4.69, 9.17) is 22.3 Å². The molecular weight excluding hydrogens is 532 g/mol. The Morgan fingerprint density at radius 3 is 1.43 bits per heavy atom. The monoisotopic (exact) mass is 596 g/mol. The van der Waals surface area contributed by atoms with Crippen molar-refractivity contribution in [3.05, 3.63) is 0 Å². The van der Waals surface area contributed by atoms with Gasteiger partial charge in [-0.1, -0.05) is 103 Å². The third-order valence-electron chi connectivity index (χ3n) is 7.57. The van der Waals surface area contributed by atoms with Crippen molar-refractivity contribution < 1.29 is 19.5 Å². The summed E-state index contributed by atoms with van der Waals surface area (Å²) in [4.78, 5) is 38.3. The first-order valence-corrected chi connectivity index (χ1v) is 16.9. The fourth-order valence-corrected chi connectivity index (χ4v) is 4.95. The number of amides is 2. The molecule has 0 aromatic rings. The van der Waals surface area contributed by atoms with Gasteiger partial charge < -0.3 is 32.9 Å². The number of carbonyl (C=O) groups excluding carboxylic acids is 2. The lowest BCUT2D eigenvalue weighted by Gasteiger charge is -2.11. The Hall–Kier alpha value is -2.36. The summed E-state index contributed by atoms with van der Waals surface area (Å²) in [5, 5.41) is 14.5. The summed E-state index contributed by atoms with van der Waals surface area (Å²) in [5.74, 6) is -0.598. The maximum Gasteiger partial charge on any atom is 0.303 e. The summed E-state index contributed by atoms with van der Waals surface area (Å²) in [6.07, 6.45) is 25.5. The third-order valence-corrected chi connectivity index (χ3v) is 7.57. The summed E-state index contributed by atoms with van der Waals surface area (Å²) < 4.78 is 0. The number of hydrogen-bond acceptors (Lipinski definition) is 5. The highest BCUT2D eigenvalue weighted by atomic mass is 16.4. The van der Waals surface area contributed by atoms with Crippen LogP contribution < -0.4 is 27.8 Å². The quantitative estimate of drug-likeness (QED) is 0.0357. The topological polar surface area (TPSA) is 186 Å². The highest BCUT2D eigenvalue weighted by Gasteiger charge is 2.11. The fourth-order valence-electron chi connectivity index (χ4n) is 4.95. The molecule has 0 aromatic heterocycles. The molecule has 0 aliphatic heterocycles. The number of aliphatic carboxylic acids is 1. The second-order valence-electron chi connectivity index (χ2n) is 11.7. The van der Waals surface area contributed by atoms with E-state index in [9.17, 15) is 14.4 Å². The number of aliphatic imine (C=N–C) groups is 1. The first-order valence-electron chi connectivity index (χ1n) is 16.9. The minimum Gasteiger partial charge on any atom is -0.481 e. The molecule has 0 radical (unpaired) electrons. The average Bonchev–Trinajstić information content (AvgIpc) is 2.95. The molecule has 0 aliphatic rings. The van der Waals surface area contributed by atoms with E-state index in [0.717, 1.165) is 57.9 Å². The van der Waals surface area contributed by atoms with Crippen LogP contribution in [0.3, 0.4) is 0 Å². The first-order chi connectivity index (χ1) is 20.3. The summed E-state index contributed by atoms with van der Waals surface area (Å²) >= 11 is 0.